The summed E-state index contributed by atoms with van der Waals surface area (Å²) in [4.78, 5) is 17.0. The van der Waals surface area contributed by atoms with E-state index in [2.05, 4.69) is 41.8 Å². The Kier molecular flexibility index (Phi) is 3.94. The molecule has 0 N–H and O–H groups in total. The van der Waals surface area contributed by atoms with Crippen molar-refractivity contribution in [3.63, 3.8) is 0 Å². The minimum absolute atomic E-state index is 0.250. The number of benzene rings is 1. The molecule has 0 aliphatic carbocycles. The molecule has 3 rings (SSSR count). The molecule has 5 heteroatoms. The number of methoxy groups -OCH3 is 1. The first-order valence-corrected chi connectivity index (χ1v) is 7.56. The summed E-state index contributed by atoms with van der Waals surface area (Å²) in [6, 6.07) is 8.61. The highest BCUT2D eigenvalue weighted by atomic mass is 16.6. The van der Waals surface area contributed by atoms with E-state index in [0.717, 1.165) is 12.1 Å². The first-order valence-electron chi connectivity index (χ1n) is 7.56. The minimum atomic E-state index is -0.418. The van der Waals surface area contributed by atoms with Crippen LogP contribution in [0.4, 0.5) is 0 Å². The summed E-state index contributed by atoms with van der Waals surface area (Å²) < 4.78 is 6.98. The average molecular weight is 312 g/mol. The molecule has 1 aromatic heterocycles. The minimum Gasteiger partial charge on any atom is -0.465 e. The zero-order valence-corrected chi connectivity index (χ0v) is 13.8. The van der Waals surface area contributed by atoms with Crippen LogP contribution in [0.2, 0.25) is 0 Å². The van der Waals surface area contributed by atoms with Gasteiger partial charge in [0.2, 0.25) is 0 Å². The Morgan fingerprint density at radius 2 is 2.09 bits per heavy atom. The van der Waals surface area contributed by atoms with Crippen molar-refractivity contribution in [1.29, 1.82) is 0 Å². The molecule has 0 bridgehead atoms. The molecule has 1 atom stereocenters. The summed E-state index contributed by atoms with van der Waals surface area (Å²) in [7, 11) is 2.83. The van der Waals surface area contributed by atoms with E-state index in [0.29, 0.717) is 10.9 Å². The summed E-state index contributed by atoms with van der Waals surface area (Å²) in [6.07, 6.45) is 2.74. The fourth-order valence-electron chi connectivity index (χ4n) is 3.10. The monoisotopic (exact) mass is 312 g/mol. The zero-order chi connectivity index (χ0) is 16.6. The summed E-state index contributed by atoms with van der Waals surface area (Å²) in [6.45, 7) is 4.21. The number of aryl methyl sites for hydroxylation is 1. The first-order chi connectivity index (χ1) is 11.0. The molecular weight excluding hydrogens is 292 g/mol. The average Bonchev–Trinajstić information content (AvgIpc) is 2.55. The van der Waals surface area contributed by atoms with Crippen LogP contribution < -0.4 is 5.36 Å². The molecule has 0 spiro atoms. The van der Waals surface area contributed by atoms with Gasteiger partial charge in [0.15, 0.2) is 0 Å². The first kappa shape index (κ1) is 15.3. The Morgan fingerprint density at radius 3 is 2.78 bits per heavy atom. The molecule has 0 saturated heterocycles. The van der Waals surface area contributed by atoms with Crippen molar-refractivity contribution in [2.45, 2.75) is 26.3 Å². The van der Waals surface area contributed by atoms with E-state index in [9.17, 15) is 4.79 Å². The lowest BCUT2D eigenvalue weighted by Crippen LogP contribution is -2.25. The third-order valence-electron chi connectivity index (χ3n) is 4.22. The van der Waals surface area contributed by atoms with Gasteiger partial charge in [-0.05, 0) is 38.0 Å². The molecule has 1 unspecified atom stereocenters. The lowest BCUT2D eigenvalue weighted by Gasteiger charge is -2.29. The quantitative estimate of drug-likeness (QED) is 0.633. The van der Waals surface area contributed by atoms with Crippen molar-refractivity contribution in [2.24, 2.45) is 5.16 Å². The van der Waals surface area contributed by atoms with Crippen LogP contribution in [0.3, 0.4) is 0 Å². The second kappa shape index (κ2) is 5.91. The van der Waals surface area contributed by atoms with E-state index in [1.54, 1.807) is 0 Å². The molecule has 2 aromatic rings. The molecule has 0 saturated carbocycles. The van der Waals surface area contributed by atoms with Gasteiger partial charge in [-0.25, -0.2) is 4.79 Å². The number of hydrogen-bond acceptors (Lipinski definition) is 4. The predicted molar refractivity (Wildman–Crippen MR) is 86.9 cm³/mol. The highest BCUT2D eigenvalue weighted by Crippen LogP contribution is 2.34. The van der Waals surface area contributed by atoms with Gasteiger partial charge in [0, 0.05) is 17.8 Å². The molecule has 0 radical (unpaired) electrons. The van der Waals surface area contributed by atoms with Gasteiger partial charge in [-0.15, -0.1) is 0 Å². The SMILES string of the molecule is CON=c1cc2n(cc1C(=O)OC)C(C)Cc1ccc(C)cc1-2. The van der Waals surface area contributed by atoms with E-state index in [-0.39, 0.29) is 6.04 Å². The topological polar surface area (TPSA) is 52.8 Å². The summed E-state index contributed by atoms with van der Waals surface area (Å²) in [5.74, 6) is -0.418. The van der Waals surface area contributed by atoms with Gasteiger partial charge < -0.3 is 14.1 Å². The molecule has 0 fully saturated rings. The van der Waals surface area contributed by atoms with Gasteiger partial charge >= 0.3 is 5.97 Å². The second-order valence-electron chi connectivity index (χ2n) is 5.84. The maximum absolute atomic E-state index is 12.1. The van der Waals surface area contributed by atoms with Gasteiger partial charge in [0.25, 0.3) is 0 Å². The van der Waals surface area contributed by atoms with Gasteiger partial charge in [0.1, 0.15) is 18.0 Å². The van der Waals surface area contributed by atoms with Gasteiger partial charge in [-0.3, -0.25) is 0 Å². The normalized spacial score (nSPS) is 16.5. The summed E-state index contributed by atoms with van der Waals surface area (Å²) >= 11 is 0. The highest BCUT2D eigenvalue weighted by Gasteiger charge is 2.23. The molecule has 1 aliphatic heterocycles. The summed E-state index contributed by atoms with van der Waals surface area (Å²) in [5.41, 5.74) is 5.11. The number of aromatic nitrogens is 1. The number of rotatable bonds is 2. The largest absolute Gasteiger partial charge is 0.465 e. The van der Waals surface area contributed by atoms with Crippen LogP contribution in [0, 0.1) is 6.92 Å². The van der Waals surface area contributed by atoms with Gasteiger partial charge in [0.05, 0.1) is 12.8 Å². The Bertz CT molecular complexity index is 837. The molecule has 1 aliphatic rings. The maximum atomic E-state index is 12.1. The standard InChI is InChI=1S/C18H20N2O3/c1-11-5-6-13-8-12(2)20-10-15(18(21)22-3)16(19-23-4)9-17(20)14(13)7-11/h5-7,9-10,12H,8H2,1-4H3. The molecule has 0 amide bonds. The van der Waals surface area contributed by atoms with Crippen molar-refractivity contribution in [3.8, 4) is 11.3 Å². The molecular formula is C18H20N2O3. The summed E-state index contributed by atoms with van der Waals surface area (Å²) in [5, 5.41) is 4.47. The van der Waals surface area contributed by atoms with Crippen molar-refractivity contribution < 1.29 is 14.4 Å². The van der Waals surface area contributed by atoms with Crippen LogP contribution in [0.15, 0.2) is 35.6 Å². The molecule has 5 nitrogen and oxygen atoms in total. The molecule has 23 heavy (non-hydrogen) atoms. The Morgan fingerprint density at radius 1 is 1.30 bits per heavy atom. The Balaban J connectivity index is 2.31. The van der Waals surface area contributed by atoms with Crippen molar-refractivity contribution in [1.82, 2.24) is 4.57 Å². The fraction of sp³-hybridized carbons (Fsp3) is 0.333. The van der Waals surface area contributed by atoms with Crippen LogP contribution in [-0.2, 0) is 16.0 Å². The number of ether oxygens (including phenoxy) is 1. The van der Waals surface area contributed by atoms with Crippen molar-refractivity contribution in [2.75, 3.05) is 14.2 Å². The number of pyridine rings is 1. The molecule has 1 aromatic carbocycles. The fourth-order valence-corrected chi connectivity index (χ4v) is 3.10. The van der Waals surface area contributed by atoms with Gasteiger partial charge in [-0.2, -0.15) is 0 Å². The maximum Gasteiger partial charge on any atom is 0.341 e. The smallest absolute Gasteiger partial charge is 0.341 e. The Hall–Kier alpha value is -2.56. The van der Waals surface area contributed by atoms with Crippen LogP contribution in [-0.4, -0.2) is 24.8 Å². The van der Waals surface area contributed by atoms with Crippen molar-refractivity contribution in [3.05, 3.63) is 52.5 Å². The lowest BCUT2D eigenvalue weighted by atomic mass is 9.91. The van der Waals surface area contributed by atoms with E-state index < -0.39 is 5.97 Å². The number of carbonyl (C=O) groups is 1. The second-order valence-corrected chi connectivity index (χ2v) is 5.84. The third-order valence-corrected chi connectivity index (χ3v) is 4.22. The highest BCUT2D eigenvalue weighted by molar-refractivity contribution is 5.89. The van der Waals surface area contributed by atoms with Crippen molar-refractivity contribution >= 4 is 5.97 Å². The van der Waals surface area contributed by atoms with Crippen LogP contribution >= 0.6 is 0 Å². The van der Waals surface area contributed by atoms with E-state index in [4.69, 9.17) is 9.57 Å². The van der Waals surface area contributed by atoms with Crippen LogP contribution in [0.5, 0.6) is 0 Å². The lowest BCUT2D eigenvalue weighted by molar-refractivity contribution is 0.0595. The van der Waals surface area contributed by atoms with E-state index >= 15 is 0 Å². The molecule has 120 valence electrons. The number of carbonyl (C=O) groups excluding carboxylic acids is 1. The predicted octanol–water partition coefficient (Wildman–Crippen LogP) is 2.83. The van der Waals surface area contributed by atoms with Crippen LogP contribution in [0.1, 0.15) is 34.5 Å². The number of esters is 1. The third kappa shape index (κ3) is 2.63. The number of hydrogen-bond donors (Lipinski definition) is 0. The van der Waals surface area contributed by atoms with E-state index in [1.807, 2.05) is 12.3 Å². The Labute approximate surface area is 135 Å². The number of fused-ring (bicyclic) bond motifs is 3. The van der Waals surface area contributed by atoms with Gasteiger partial charge in [-0.1, -0.05) is 22.9 Å². The molecule has 2 heterocycles. The van der Waals surface area contributed by atoms with Crippen LogP contribution in [0.25, 0.3) is 11.3 Å². The van der Waals surface area contributed by atoms with E-state index in [1.165, 1.54) is 30.9 Å². The zero-order valence-electron chi connectivity index (χ0n) is 13.8. The number of nitrogens with zero attached hydrogens (tertiary/aromatic N) is 2.